The first-order chi connectivity index (χ1) is 9.97. The fourth-order valence-corrected chi connectivity index (χ4v) is 2.85. The Morgan fingerprint density at radius 3 is 1.57 bits per heavy atom. The maximum Gasteiger partial charge on any atom is 0.0594 e. The average molecular weight is 300 g/mol. The highest BCUT2D eigenvalue weighted by atomic mass is 16.5. The minimum absolute atomic E-state index is 0.790. The van der Waals surface area contributed by atoms with Gasteiger partial charge in [0.25, 0.3) is 0 Å². The second kappa shape index (κ2) is 10.5. The Hall–Kier alpha value is -0.160. The first kappa shape index (κ1) is 18.9. The number of nitrogens with zero attached hydrogens (tertiary/aromatic N) is 3. The van der Waals surface area contributed by atoms with Crippen molar-refractivity contribution in [2.24, 2.45) is 11.8 Å². The van der Waals surface area contributed by atoms with Crippen molar-refractivity contribution in [1.82, 2.24) is 14.7 Å². The third kappa shape index (κ3) is 9.46. The molecule has 0 bridgehead atoms. The summed E-state index contributed by atoms with van der Waals surface area (Å²) in [6, 6.07) is 0. The second-order valence-electron chi connectivity index (χ2n) is 7.30. The maximum absolute atomic E-state index is 5.24. The van der Waals surface area contributed by atoms with Gasteiger partial charge in [-0.25, -0.2) is 0 Å². The molecule has 0 aromatic rings. The Morgan fingerprint density at radius 1 is 0.714 bits per heavy atom. The van der Waals surface area contributed by atoms with Gasteiger partial charge >= 0.3 is 0 Å². The van der Waals surface area contributed by atoms with Crippen molar-refractivity contribution in [1.29, 1.82) is 0 Å². The van der Waals surface area contributed by atoms with Gasteiger partial charge in [-0.2, -0.15) is 0 Å². The van der Waals surface area contributed by atoms with E-state index in [4.69, 9.17) is 4.74 Å². The molecule has 0 aromatic heterocycles. The van der Waals surface area contributed by atoms with Crippen molar-refractivity contribution in [3.8, 4) is 0 Å². The Labute approximate surface area is 132 Å². The average Bonchev–Trinajstić information content (AvgIpc) is 2.42. The van der Waals surface area contributed by atoms with Crippen molar-refractivity contribution in [3.05, 3.63) is 0 Å². The minimum atomic E-state index is 0.790. The third-order valence-electron chi connectivity index (χ3n) is 3.95. The molecule has 4 heteroatoms. The maximum atomic E-state index is 5.24. The number of morpholine rings is 1. The van der Waals surface area contributed by atoms with Gasteiger partial charge in [0, 0.05) is 52.4 Å². The van der Waals surface area contributed by atoms with E-state index in [1.165, 1.54) is 39.3 Å². The van der Waals surface area contributed by atoms with Crippen LogP contribution in [0.15, 0.2) is 0 Å². The zero-order valence-electron chi connectivity index (χ0n) is 15.0. The van der Waals surface area contributed by atoms with Crippen LogP contribution in [0.25, 0.3) is 0 Å². The first-order valence-electron chi connectivity index (χ1n) is 8.68. The molecule has 4 nitrogen and oxygen atoms in total. The Morgan fingerprint density at radius 2 is 1.14 bits per heavy atom. The number of ether oxygens (including phenoxy) is 1. The van der Waals surface area contributed by atoms with Crippen molar-refractivity contribution in [2.75, 3.05) is 72.6 Å². The summed E-state index contributed by atoms with van der Waals surface area (Å²) in [7, 11) is 2.20. The molecule has 2 aliphatic rings. The molecule has 2 rings (SSSR count). The molecule has 2 saturated heterocycles. The van der Waals surface area contributed by atoms with Crippen molar-refractivity contribution in [2.45, 2.75) is 27.7 Å². The van der Waals surface area contributed by atoms with Crippen LogP contribution in [0.3, 0.4) is 0 Å². The van der Waals surface area contributed by atoms with E-state index >= 15 is 0 Å². The lowest BCUT2D eigenvalue weighted by molar-refractivity contribution is 0.0329. The number of likely N-dealkylation sites (N-methyl/N-ethyl adjacent to an activating group) is 1. The van der Waals surface area contributed by atoms with E-state index in [9.17, 15) is 0 Å². The van der Waals surface area contributed by atoms with Crippen molar-refractivity contribution >= 4 is 0 Å². The largest absolute Gasteiger partial charge is 0.379 e. The molecule has 2 aliphatic heterocycles. The summed E-state index contributed by atoms with van der Waals surface area (Å²) in [5.41, 5.74) is 0. The van der Waals surface area contributed by atoms with E-state index in [1.54, 1.807) is 0 Å². The van der Waals surface area contributed by atoms with Crippen LogP contribution in [-0.4, -0.2) is 87.3 Å². The normalized spacial score (nSPS) is 22.4. The standard InChI is InChI=1S/C9H20N2.C8H17NO/c1-9(2)8-11-6-4-10(3)5-7-11;1-8(2)7-9-3-5-10-6-4-9/h9H,4-8H2,1-3H3;8H,3-7H2,1-2H3. The molecule has 0 spiro atoms. The fourth-order valence-electron chi connectivity index (χ4n) is 2.85. The molecule has 0 atom stereocenters. The van der Waals surface area contributed by atoms with E-state index in [1.807, 2.05) is 0 Å². The Balaban J connectivity index is 0.000000211. The quantitative estimate of drug-likeness (QED) is 0.789. The van der Waals surface area contributed by atoms with Gasteiger partial charge in [-0.05, 0) is 18.9 Å². The SMILES string of the molecule is CC(C)CN1CCN(C)CC1.CC(C)CN1CCOCC1. The molecule has 2 heterocycles. The van der Waals surface area contributed by atoms with E-state index < -0.39 is 0 Å². The van der Waals surface area contributed by atoms with Crippen LogP contribution in [0, 0.1) is 11.8 Å². The summed E-state index contributed by atoms with van der Waals surface area (Å²) in [6.07, 6.45) is 0. The van der Waals surface area contributed by atoms with Crippen LogP contribution in [-0.2, 0) is 4.74 Å². The number of hydrogen-bond donors (Lipinski definition) is 0. The lowest BCUT2D eigenvalue weighted by Gasteiger charge is -2.33. The molecule has 0 amide bonds. The summed E-state index contributed by atoms with van der Waals surface area (Å²) in [5, 5.41) is 0. The lowest BCUT2D eigenvalue weighted by Crippen LogP contribution is -2.45. The molecule has 2 fully saturated rings. The highest BCUT2D eigenvalue weighted by molar-refractivity contribution is 4.69. The van der Waals surface area contributed by atoms with Crippen LogP contribution >= 0.6 is 0 Å². The topological polar surface area (TPSA) is 19.0 Å². The second-order valence-corrected chi connectivity index (χ2v) is 7.30. The van der Waals surface area contributed by atoms with E-state index in [0.717, 1.165) is 38.1 Å². The van der Waals surface area contributed by atoms with Crippen LogP contribution < -0.4 is 0 Å². The van der Waals surface area contributed by atoms with Gasteiger partial charge in [-0.1, -0.05) is 27.7 Å². The van der Waals surface area contributed by atoms with Gasteiger partial charge < -0.3 is 14.5 Å². The highest BCUT2D eigenvalue weighted by Gasteiger charge is 2.13. The molecule has 0 saturated carbocycles. The zero-order valence-corrected chi connectivity index (χ0v) is 15.0. The van der Waals surface area contributed by atoms with E-state index in [2.05, 4.69) is 49.4 Å². The smallest absolute Gasteiger partial charge is 0.0594 e. The highest BCUT2D eigenvalue weighted by Crippen LogP contribution is 2.03. The van der Waals surface area contributed by atoms with Gasteiger partial charge in [0.05, 0.1) is 13.2 Å². The summed E-state index contributed by atoms with van der Waals surface area (Å²) in [5.74, 6) is 1.61. The van der Waals surface area contributed by atoms with Crippen LogP contribution in [0.5, 0.6) is 0 Å². The van der Waals surface area contributed by atoms with Crippen molar-refractivity contribution in [3.63, 3.8) is 0 Å². The lowest BCUT2D eigenvalue weighted by atomic mass is 10.2. The number of hydrogen-bond acceptors (Lipinski definition) is 4. The van der Waals surface area contributed by atoms with E-state index in [0.29, 0.717) is 0 Å². The van der Waals surface area contributed by atoms with E-state index in [-0.39, 0.29) is 0 Å². The fraction of sp³-hybridized carbons (Fsp3) is 1.00. The number of piperazine rings is 1. The predicted molar refractivity (Wildman–Crippen MR) is 90.9 cm³/mol. The van der Waals surface area contributed by atoms with Gasteiger partial charge in [0.15, 0.2) is 0 Å². The molecule has 126 valence electrons. The summed E-state index contributed by atoms with van der Waals surface area (Å²) < 4.78 is 5.24. The van der Waals surface area contributed by atoms with Crippen LogP contribution in [0.1, 0.15) is 27.7 Å². The van der Waals surface area contributed by atoms with Gasteiger partial charge in [0.2, 0.25) is 0 Å². The summed E-state index contributed by atoms with van der Waals surface area (Å²) in [6.45, 7) is 20.7. The molecule has 21 heavy (non-hydrogen) atoms. The van der Waals surface area contributed by atoms with Crippen LogP contribution in [0.2, 0.25) is 0 Å². The molecule has 0 aliphatic carbocycles. The molecular weight excluding hydrogens is 262 g/mol. The number of rotatable bonds is 4. The molecular formula is C17H37N3O. The van der Waals surface area contributed by atoms with Crippen molar-refractivity contribution < 1.29 is 4.74 Å². The van der Waals surface area contributed by atoms with Crippen LogP contribution in [0.4, 0.5) is 0 Å². The Kier molecular flexibility index (Phi) is 9.49. The van der Waals surface area contributed by atoms with Gasteiger partial charge in [0.1, 0.15) is 0 Å². The molecule has 0 radical (unpaired) electrons. The first-order valence-corrected chi connectivity index (χ1v) is 8.68. The monoisotopic (exact) mass is 299 g/mol. The zero-order chi connectivity index (χ0) is 15.7. The molecule has 0 unspecified atom stereocenters. The molecule has 0 aromatic carbocycles. The minimum Gasteiger partial charge on any atom is -0.379 e. The predicted octanol–water partition coefficient (Wildman–Crippen LogP) is 1.86. The summed E-state index contributed by atoms with van der Waals surface area (Å²) in [4.78, 5) is 7.43. The summed E-state index contributed by atoms with van der Waals surface area (Å²) >= 11 is 0. The third-order valence-corrected chi connectivity index (χ3v) is 3.95. The molecule has 0 N–H and O–H groups in total. The van der Waals surface area contributed by atoms with Gasteiger partial charge in [-0.15, -0.1) is 0 Å². The van der Waals surface area contributed by atoms with Gasteiger partial charge in [-0.3, -0.25) is 4.90 Å². The Bertz CT molecular complexity index is 244.